The molecule has 4 rings (SSSR count). The molecule has 2 aliphatic heterocycles. The standard InChI is InChI=1S/C21H27N5O2/c1-2-17-13-19(27)24-20(23-17)16-5-6-18(22-14-16)25-11-7-15(8-12-25)21(28)26-9-3-4-10-26/h5-6,13-15H,2-4,7-12H2,1H3,(H,23,24,27). The average Bonchev–Trinajstić information content (AvgIpc) is 3.28. The van der Waals surface area contributed by atoms with Crippen molar-refractivity contribution in [1.29, 1.82) is 0 Å². The molecule has 7 heteroatoms. The van der Waals surface area contributed by atoms with Crippen molar-refractivity contribution >= 4 is 11.7 Å². The largest absolute Gasteiger partial charge is 0.357 e. The number of carbonyl (C=O) groups excluding carboxylic acids is 1. The molecule has 0 radical (unpaired) electrons. The van der Waals surface area contributed by atoms with E-state index in [-0.39, 0.29) is 11.5 Å². The summed E-state index contributed by atoms with van der Waals surface area (Å²) in [4.78, 5) is 40.5. The van der Waals surface area contributed by atoms with Gasteiger partial charge in [0.2, 0.25) is 5.91 Å². The van der Waals surface area contributed by atoms with E-state index in [4.69, 9.17) is 0 Å². The molecule has 2 aromatic rings. The molecule has 2 aliphatic rings. The summed E-state index contributed by atoms with van der Waals surface area (Å²) < 4.78 is 0. The van der Waals surface area contributed by atoms with Crippen LogP contribution < -0.4 is 10.5 Å². The predicted octanol–water partition coefficient (Wildman–Crippen LogP) is 2.23. The van der Waals surface area contributed by atoms with Crippen molar-refractivity contribution in [2.45, 2.75) is 39.0 Å². The summed E-state index contributed by atoms with van der Waals surface area (Å²) >= 11 is 0. The first-order chi connectivity index (χ1) is 13.6. The zero-order valence-corrected chi connectivity index (χ0v) is 16.4. The quantitative estimate of drug-likeness (QED) is 0.878. The molecule has 1 N–H and O–H groups in total. The second-order valence-corrected chi connectivity index (χ2v) is 7.64. The van der Waals surface area contributed by atoms with Gasteiger partial charge >= 0.3 is 0 Å². The molecule has 0 atom stereocenters. The summed E-state index contributed by atoms with van der Waals surface area (Å²) in [6.45, 7) is 5.52. The van der Waals surface area contributed by atoms with Gasteiger partial charge in [0.05, 0.1) is 0 Å². The van der Waals surface area contributed by atoms with E-state index in [1.807, 2.05) is 24.0 Å². The number of aromatic nitrogens is 3. The highest BCUT2D eigenvalue weighted by atomic mass is 16.2. The molecule has 0 bridgehead atoms. The Morgan fingerprint density at radius 2 is 1.93 bits per heavy atom. The number of likely N-dealkylation sites (tertiary alicyclic amines) is 1. The average molecular weight is 381 g/mol. The molecule has 0 spiro atoms. The van der Waals surface area contributed by atoms with E-state index in [1.54, 1.807) is 6.20 Å². The van der Waals surface area contributed by atoms with Crippen LogP contribution in [0.5, 0.6) is 0 Å². The fourth-order valence-electron chi connectivity index (χ4n) is 4.09. The number of nitrogens with zero attached hydrogens (tertiary/aromatic N) is 4. The van der Waals surface area contributed by atoms with Crippen molar-refractivity contribution in [3.05, 3.63) is 40.4 Å². The summed E-state index contributed by atoms with van der Waals surface area (Å²) in [5.41, 5.74) is 1.43. The number of aromatic amines is 1. The topological polar surface area (TPSA) is 82.2 Å². The lowest BCUT2D eigenvalue weighted by atomic mass is 9.95. The van der Waals surface area contributed by atoms with Crippen LogP contribution in [-0.2, 0) is 11.2 Å². The lowest BCUT2D eigenvalue weighted by Crippen LogP contribution is -2.41. The Balaban J connectivity index is 1.40. The highest BCUT2D eigenvalue weighted by molar-refractivity contribution is 5.79. The number of pyridine rings is 1. The number of nitrogens with one attached hydrogen (secondary N) is 1. The van der Waals surface area contributed by atoms with Gasteiger partial charge in [0, 0.05) is 55.6 Å². The second-order valence-electron chi connectivity index (χ2n) is 7.64. The number of amides is 1. The van der Waals surface area contributed by atoms with Crippen molar-refractivity contribution in [3.63, 3.8) is 0 Å². The van der Waals surface area contributed by atoms with Crippen LogP contribution >= 0.6 is 0 Å². The molecule has 4 heterocycles. The van der Waals surface area contributed by atoms with Gasteiger partial charge in [0.1, 0.15) is 11.6 Å². The van der Waals surface area contributed by atoms with Crippen molar-refractivity contribution in [3.8, 4) is 11.4 Å². The van der Waals surface area contributed by atoms with E-state index in [0.717, 1.165) is 68.9 Å². The molecule has 2 saturated heterocycles. The zero-order valence-electron chi connectivity index (χ0n) is 16.4. The van der Waals surface area contributed by atoms with Crippen LogP contribution in [0.3, 0.4) is 0 Å². The fraction of sp³-hybridized carbons (Fsp3) is 0.524. The van der Waals surface area contributed by atoms with Crippen LogP contribution in [0.2, 0.25) is 0 Å². The molecule has 0 aliphatic carbocycles. The Labute approximate surface area is 164 Å². The molecule has 2 aromatic heterocycles. The Hall–Kier alpha value is -2.70. The molecule has 2 fully saturated rings. The molecule has 148 valence electrons. The van der Waals surface area contributed by atoms with Gasteiger partial charge in [0.15, 0.2) is 0 Å². The van der Waals surface area contributed by atoms with Gasteiger partial charge in [0.25, 0.3) is 5.56 Å². The van der Waals surface area contributed by atoms with E-state index in [0.29, 0.717) is 18.2 Å². The second kappa shape index (κ2) is 8.12. The van der Waals surface area contributed by atoms with Crippen molar-refractivity contribution in [2.24, 2.45) is 5.92 Å². The van der Waals surface area contributed by atoms with E-state index in [2.05, 4.69) is 19.9 Å². The van der Waals surface area contributed by atoms with Crippen molar-refractivity contribution in [2.75, 3.05) is 31.1 Å². The minimum absolute atomic E-state index is 0.143. The maximum absolute atomic E-state index is 12.6. The molecular weight excluding hydrogens is 354 g/mol. The third-order valence-electron chi connectivity index (χ3n) is 5.76. The van der Waals surface area contributed by atoms with Gasteiger partial charge < -0.3 is 14.8 Å². The van der Waals surface area contributed by atoms with Gasteiger partial charge in [-0.3, -0.25) is 9.59 Å². The first-order valence-corrected chi connectivity index (χ1v) is 10.2. The van der Waals surface area contributed by atoms with Crippen LogP contribution in [0.4, 0.5) is 5.82 Å². The molecule has 7 nitrogen and oxygen atoms in total. The minimum atomic E-state index is -0.143. The van der Waals surface area contributed by atoms with Crippen LogP contribution in [0.25, 0.3) is 11.4 Å². The van der Waals surface area contributed by atoms with E-state index < -0.39 is 0 Å². The van der Waals surface area contributed by atoms with E-state index in [9.17, 15) is 9.59 Å². The number of hydrogen-bond donors (Lipinski definition) is 1. The number of piperidine rings is 1. The number of carbonyl (C=O) groups is 1. The first kappa shape index (κ1) is 18.7. The molecule has 0 saturated carbocycles. The first-order valence-electron chi connectivity index (χ1n) is 10.2. The van der Waals surface area contributed by atoms with Crippen molar-refractivity contribution < 1.29 is 4.79 Å². The highest BCUT2D eigenvalue weighted by Gasteiger charge is 2.30. The smallest absolute Gasteiger partial charge is 0.251 e. The molecule has 0 unspecified atom stereocenters. The van der Waals surface area contributed by atoms with Crippen LogP contribution in [0, 0.1) is 5.92 Å². The van der Waals surface area contributed by atoms with E-state index >= 15 is 0 Å². The SMILES string of the molecule is CCc1cc(=O)[nH]c(-c2ccc(N3CCC(C(=O)N4CCCC4)CC3)nc2)n1. The number of anilines is 1. The Kier molecular flexibility index (Phi) is 5.41. The normalized spacial score (nSPS) is 17.9. The maximum atomic E-state index is 12.6. The number of H-pyrrole nitrogens is 1. The van der Waals surface area contributed by atoms with Crippen molar-refractivity contribution in [1.82, 2.24) is 19.9 Å². The minimum Gasteiger partial charge on any atom is -0.357 e. The molecule has 28 heavy (non-hydrogen) atoms. The summed E-state index contributed by atoms with van der Waals surface area (Å²) in [7, 11) is 0. The summed E-state index contributed by atoms with van der Waals surface area (Å²) in [5.74, 6) is 1.95. The Morgan fingerprint density at radius 1 is 1.18 bits per heavy atom. The fourth-order valence-corrected chi connectivity index (χ4v) is 4.09. The van der Waals surface area contributed by atoms with Crippen LogP contribution in [-0.4, -0.2) is 51.9 Å². The predicted molar refractivity (Wildman–Crippen MR) is 108 cm³/mol. The van der Waals surface area contributed by atoms with E-state index in [1.165, 1.54) is 6.07 Å². The summed E-state index contributed by atoms with van der Waals surface area (Å²) in [6.07, 6.45) is 6.52. The highest BCUT2D eigenvalue weighted by Crippen LogP contribution is 2.25. The molecular formula is C21H27N5O2. The summed E-state index contributed by atoms with van der Waals surface area (Å²) in [6, 6.07) is 5.44. The Bertz CT molecular complexity index is 878. The van der Waals surface area contributed by atoms with Crippen LogP contribution in [0.15, 0.2) is 29.2 Å². The molecule has 0 aromatic carbocycles. The lowest BCUT2D eigenvalue weighted by molar-refractivity contribution is -0.135. The zero-order chi connectivity index (χ0) is 19.5. The van der Waals surface area contributed by atoms with Gasteiger partial charge in [-0.15, -0.1) is 0 Å². The molecule has 1 amide bonds. The van der Waals surface area contributed by atoms with Gasteiger partial charge in [-0.25, -0.2) is 9.97 Å². The van der Waals surface area contributed by atoms with Gasteiger partial charge in [-0.2, -0.15) is 0 Å². The third-order valence-corrected chi connectivity index (χ3v) is 5.76. The Morgan fingerprint density at radius 3 is 2.57 bits per heavy atom. The monoisotopic (exact) mass is 381 g/mol. The number of aryl methyl sites for hydroxylation is 1. The lowest BCUT2D eigenvalue weighted by Gasteiger charge is -2.33. The maximum Gasteiger partial charge on any atom is 0.251 e. The number of hydrogen-bond acceptors (Lipinski definition) is 5. The van der Waals surface area contributed by atoms with Gasteiger partial charge in [-0.1, -0.05) is 6.92 Å². The third kappa shape index (κ3) is 3.93. The van der Waals surface area contributed by atoms with Crippen LogP contribution in [0.1, 0.15) is 38.3 Å². The summed E-state index contributed by atoms with van der Waals surface area (Å²) in [5, 5.41) is 0. The van der Waals surface area contributed by atoms with Gasteiger partial charge in [-0.05, 0) is 44.2 Å². The number of rotatable bonds is 4.